The van der Waals surface area contributed by atoms with Crippen molar-refractivity contribution in [3.05, 3.63) is 0 Å². The molecule has 0 saturated heterocycles. The first kappa shape index (κ1) is 26.0. The maximum absolute atomic E-state index is 12.3. The van der Waals surface area contributed by atoms with Crippen molar-refractivity contribution in [2.24, 2.45) is 52.3 Å². The highest BCUT2D eigenvalue weighted by molar-refractivity contribution is 5.80. The van der Waals surface area contributed by atoms with Crippen molar-refractivity contribution in [2.75, 3.05) is 6.61 Å². The number of fused-ring (bicyclic) bond motifs is 5. The van der Waals surface area contributed by atoms with E-state index >= 15 is 0 Å². The molecule has 1 unspecified atom stereocenters. The minimum Gasteiger partial charge on any atom is -0.435 e. The molecule has 9 atom stereocenters. The van der Waals surface area contributed by atoms with E-state index in [0.717, 1.165) is 49.4 Å². The van der Waals surface area contributed by atoms with E-state index in [-0.39, 0.29) is 12.0 Å². The van der Waals surface area contributed by atoms with E-state index in [1.54, 1.807) is 0 Å². The van der Waals surface area contributed by atoms with Gasteiger partial charge in [0.05, 0.1) is 6.61 Å². The number of Topliss-reactive ketones (excluding diaryl/α,β-unsaturated/α-hetero) is 1. The van der Waals surface area contributed by atoms with E-state index in [1.165, 1.54) is 44.9 Å². The van der Waals surface area contributed by atoms with Gasteiger partial charge in [0, 0.05) is 12.3 Å². The smallest absolute Gasteiger partial charge is 0.435 e. The monoisotopic (exact) mass is 474 g/mol. The summed E-state index contributed by atoms with van der Waals surface area (Å²) in [6.45, 7) is 13.9. The fourth-order valence-electron chi connectivity index (χ4n) is 9.45. The second-order valence-electron chi connectivity index (χ2n) is 13.2. The summed E-state index contributed by atoms with van der Waals surface area (Å²) in [5.41, 5.74) is 0.848. The Morgan fingerprint density at radius 3 is 2.32 bits per heavy atom. The third kappa shape index (κ3) is 4.69. The molecule has 0 spiro atoms. The topological polar surface area (TPSA) is 52.6 Å². The van der Waals surface area contributed by atoms with Crippen LogP contribution in [0.25, 0.3) is 0 Å². The fourth-order valence-corrected chi connectivity index (χ4v) is 9.45. The lowest BCUT2D eigenvalue weighted by Gasteiger charge is -2.61. The van der Waals surface area contributed by atoms with Crippen molar-refractivity contribution in [3.8, 4) is 0 Å². The van der Waals surface area contributed by atoms with Crippen LogP contribution in [0.2, 0.25) is 0 Å². The second kappa shape index (κ2) is 10.1. The minimum atomic E-state index is -0.487. The maximum atomic E-state index is 12.3. The Labute approximate surface area is 208 Å². The van der Waals surface area contributed by atoms with Crippen molar-refractivity contribution >= 4 is 11.9 Å². The average molecular weight is 475 g/mol. The number of carbonyl (C=O) groups excluding carboxylic acids is 2. The van der Waals surface area contributed by atoms with Gasteiger partial charge >= 0.3 is 6.16 Å². The van der Waals surface area contributed by atoms with Crippen molar-refractivity contribution in [1.82, 2.24) is 0 Å². The molecule has 0 aromatic carbocycles. The number of hydrogen-bond acceptors (Lipinski definition) is 4. The van der Waals surface area contributed by atoms with Gasteiger partial charge in [-0.05, 0) is 117 Å². The molecule has 0 bridgehead atoms. The van der Waals surface area contributed by atoms with Gasteiger partial charge in [0.25, 0.3) is 0 Å². The first-order chi connectivity index (χ1) is 16.1. The van der Waals surface area contributed by atoms with Crippen LogP contribution >= 0.6 is 0 Å². The van der Waals surface area contributed by atoms with Crippen LogP contribution in [0.4, 0.5) is 4.79 Å². The molecule has 0 aromatic rings. The number of ketones is 1. The lowest BCUT2D eigenvalue weighted by Crippen LogP contribution is -2.54. The number of ether oxygens (including phenoxy) is 2. The minimum absolute atomic E-state index is 0.0350. The molecular formula is C30H50O4. The number of hydrogen-bond donors (Lipinski definition) is 0. The molecule has 0 amide bonds. The Morgan fingerprint density at radius 1 is 0.912 bits per heavy atom. The number of carbonyl (C=O) groups is 2. The summed E-state index contributed by atoms with van der Waals surface area (Å²) in [7, 11) is 0. The van der Waals surface area contributed by atoms with Crippen LogP contribution in [0, 0.1) is 52.3 Å². The average Bonchev–Trinajstić information content (AvgIpc) is 3.14. The molecule has 4 aliphatic carbocycles. The van der Waals surface area contributed by atoms with Gasteiger partial charge in [0.15, 0.2) is 0 Å². The largest absolute Gasteiger partial charge is 0.508 e. The second-order valence-corrected chi connectivity index (χ2v) is 13.2. The van der Waals surface area contributed by atoms with Crippen LogP contribution in [0.5, 0.6) is 0 Å². The Balaban J connectivity index is 1.40. The van der Waals surface area contributed by atoms with Crippen LogP contribution < -0.4 is 0 Å². The molecule has 0 aromatic heterocycles. The molecule has 34 heavy (non-hydrogen) atoms. The molecule has 4 aliphatic rings. The van der Waals surface area contributed by atoms with E-state index in [1.807, 2.05) is 20.8 Å². The number of rotatable bonds is 7. The van der Waals surface area contributed by atoms with E-state index in [2.05, 4.69) is 20.8 Å². The summed E-state index contributed by atoms with van der Waals surface area (Å²) < 4.78 is 10.7. The summed E-state index contributed by atoms with van der Waals surface area (Å²) in [6, 6.07) is 0. The molecule has 4 saturated carbocycles. The first-order valence-electron chi connectivity index (χ1n) is 14.5. The van der Waals surface area contributed by atoms with Gasteiger partial charge in [-0.1, -0.05) is 34.6 Å². The molecule has 0 heterocycles. The zero-order valence-electron chi connectivity index (χ0n) is 22.7. The quantitative estimate of drug-likeness (QED) is 0.353. The Bertz CT molecular complexity index is 746. The van der Waals surface area contributed by atoms with Crippen LogP contribution in [-0.2, 0) is 14.3 Å². The van der Waals surface area contributed by atoms with Crippen LogP contribution in [-0.4, -0.2) is 24.6 Å². The fraction of sp³-hybridized carbons (Fsp3) is 0.933. The lowest BCUT2D eigenvalue weighted by atomic mass is 9.44. The first-order valence-corrected chi connectivity index (χ1v) is 14.5. The molecule has 0 N–H and O–H groups in total. The van der Waals surface area contributed by atoms with Crippen LogP contribution in [0.3, 0.4) is 0 Å². The summed E-state index contributed by atoms with van der Waals surface area (Å²) in [5, 5.41) is 0. The lowest BCUT2D eigenvalue weighted by molar-refractivity contribution is -0.132. The summed E-state index contributed by atoms with van der Waals surface area (Å²) in [4.78, 5) is 24.1. The van der Waals surface area contributed by atoms with E-state index in [9.17, 15) is 9.59 Å². The zero-order chi connectivity index (χ0) is 24.7. The predicted molar refractivity (Wildman–Crippen MR) is 135 cm³/mol. The van der Waals surface area contributed by atoms with Gasteiger partial charge in [-0.25, -0.2) is 4.79 Å². The van der Waals surface area contributed by atoms with Gasteiger partial charge in [0.2, 0.25) is 0 Å². The molecule has 4 rings (SSSR count). The maximum Gasteiger partial charge on any atom is 0.508 e. The SMILES string of the molecule is CCOC(=O)OC1CC[C@@]2(C)[C@H](CC[C@@H]3[C@@H]2CC[C@]2(C)[C@@H]([C@H](C)CCC(=O)C(C)C)CC[C@@H]32)C1. The van der Waals surface area contributed by atoms with Crippen molar-refractivity contribution in [3.63, 3.8) is 0 Å². The standard InChI is InChI=1S/C30H50O4/c1-7-33-28(32)34-22-14-16-29(5)21(18-22)9-10-23-25-12-11-24(30(25,6)17-15-26(23)29)20(4)8-13-27(31)19(2)3/h19-26H,7-18H2,1-6H3/t20-,21-,22?,23+,24-,25+,26+,29+,30-/m1/s1. The highest BCUT2D eigenvalue weighted by Crippen LogP contribution is 2.68. The normalized spacial score (nSPS) is 42.3. The molecule has 0 radical (unpaired) electrons. The summed E-state index contributed by atoms with van der Waals surface area (Å²) >= 11 is 0. The molecule has 0 aliphatic heterocycles. The van der Waals surface area contributed by atoms with Gasteiger partial charge < -0.3 is 9.47 Å². The summed E-state index contributed by atoms with van der Waals surface area (Å²) in [6.07, 6.45) is 12.7. The van der Waals surface area contributed by atoms with Crippen LogP contribution in [0.15, 0.2) is 0 Å². The van der Waals surface area contributed by atoms with Crippen molar-refractivity contribution in [1.29, 1.82) is 0 Å². The third-order valence-corrected chi connectivity index (χ3v) is 11.4. The molecule has 4 fully saturated rings. The van der Waals surface area contributed by atoms with E-state index in [0.29, 0.717) is 35.1 Å². The highest BCUT2D eigenvalue weighted by atomic mass is 16.7. The van der Waals surface area contributed by atoms with Crippen molar-refractivity contribution < 1.29 is 19.1 Å². The molecular weight excluding hydrogens is 424 g/mol. The Hall–Kier alpha value is -1.06. The third-order valence-electron chi connectivity index (χ3n) is 11.4. The Morgan fingerprint density at radius 2 is 1.62 bits per heavy atom. The predicted octanol–water partition coefficient (Wildman–Crippen LogP) is 7.83. The van der Waals surface area contributed by atoms with E-state index in [4.69, 9.17) is 9.47 Å². The zero-order valence-corrected chi connectivity index (χ0v) is 22.7. The summed E-state index contributed by atoms with van der Waals surface area (Å²) in [5.74, 6) is 5.23. The molecule has 4 nitrogen and oxygen atoms in total. The van der Waals surface area contributed by atoms with Gasteiger partial charge in [-0.2, -0.15) is 0 Å². The van der Waals surface area contributed by atoms with Crippen molar-refractivity contribution in [2.45, 2.75) is 118 Å². The van der Waals surface area contributed by atoms with Crippen LogP contribution in [0.1, 0.15) is 112 Å². The van der Waals surface area contributed by atoms with Gasteiger partial charge in [0.1, 0.15) is 11.9 Å². The molecule has 194 valence electrons. The molecule has 4 heteroatoms. The van der Waals surface area contributed by atoms with E-state index < -0.39 is 6.16 Å². The highest BCUT2D eigenvalue weighted by Gasteiger charge is 2.60. The Kier molecular flexibility index (Phi) is 7.75. The van der Waals surface area contributed by atoms with Gasteiger partial charge in [-0.3, -0.25) is 4.79 Å². The van der Waals surface area contributed by atoms with Gasteiger partial charge in [-0.15, -0.1) is 0 Å².